The molecule has 2 heteroatoms. The molecule has 1 aromatic rings. The van der Waals surface area contributed by atoms with Crippen LogP contribution < -0.4 is 5.73 Å². The Hall–Kier alpha value is -1.12. The number of rotatable bonds is 9. The van der Waals surface area contributed by atoms with Crippen LogP contribution in [0.2, 0.25) is 0 Å². The molecule has 0 aromatic heterocycles. The fourth-order valence-corrected chi connectivity index (χ4v) is 2.20. The van der Waals surface area contributed by atoms with Gasteiger partial charge in [0.2, 0.25) is 0 Å². The molecule has 0 radical (unpaired) electrons. The maximum atomic E-state index is 6.23. The van der Waals surface area contributed by atoms with E-state index in [4.69, 9.17) is 10.5 Å². The Balaban J connectivity index is 2.38. The van der Waals surface area contributed by atoms with E-state index in [1.165, 1.54) is 18.4 Å². The van der Waals surface area contributed by atoms with E-state index >= 15 is 0 Å². The van der Waals surface area contributed by atoms with E-state index in [0.29, 0.717) is 0 Å². The van der Waals surface area contributed by atoms with Crippen LogP contribution in [0.1, 0.15) is 43.8 Å². The molecule has 2 unspecified atom stereocenters. The van der Waals surface area contributed by atoms with Crippen molar-refractivity contribution in [1.82, 2.24) is 0 Å². The Morgan fingerprint density at radius 3 is 2.56 bits per heavy atom. The summed E-state index contributed by atoms with van der Waals surface area (Å²) < 4.78 is 5.54. The van der Waals surface area contributed by atoms with Crippen LogP contribution in [0.25, 0.3) is 0 Å². The van der Waals surface area contributed by atoms with Crippen LogP contribution in [0.4, 0.5) is 0 Å². The fraction of sp³-hybridized carbons (Fsp3) is 0.500. The Morgan fingerprint density at radius 1 is 1.22 bits per heavy atom. The number of ether oxygens (including phenoxy) is 1. The largest absolute Gasteiger partial charge is 0.375 e. The van der Waals surface area contributed by atoms with Crippen molar-refractivity contribution in [2.75, 3.05) is 7.11 Å². The molecular formula is C16H25NO. The lowest BCUT2D eigenvalue weighted by Gasteiger charge is -2.23. The molecule has 0 fully saturated rings. The molecule has 2 nitrogen and oxygen atoms in total. The van der Waals surface area contributed by atoms with Crippen LogP contribution in [0, 0.1) is 0 Å². The van der Waals surface area contributed by atoms with Crippen LogP contribution in [0.5, 0.6) is 0 Å². The molecular weight excluding hydrogens is 222 g/mol. The maximum absolute atomic E-state index is 6.23. The number of allylic oxidation sites excluding steroid dienone is 1. The highest BCUT2D eigenvalue weighted by molar-refractivity contribution is 5.19. The first-order valence-corrected chi connectivity index (χ1v) is 6.73. The van der Waals surface area contributed by atoms with Crippen LogP contribution in [0.3, 0.4) is 0 Å². The van der Waals surface area contributed by atoms with Crippen LogP contribution in [-0.4, -0.2) is 13.2 Å². The van der Waals surface area contributed by atoms with Gasteiger partial charge < -0.3 is 10.5 Å². The van der Waals surface area contributed by atoms with Crippen molar-refractivity contribution in [3.8, 4) is 0 Å². The van der Waals surface area contributed by atoms with Crippen molar-refractivity contribution < 1.29 is 4.74 Å². The number of nitrogens with two attached hydrogens (primary N) is 1. The van der Waals surface area contributed by atoms with Gasteiger partial charge in [0.15, 0.2) is 0 Å². The summed E-state index contributed by atoms with van der Waals surface area (Å²) in [6.07, 6.45) is 7.66. The van der Waals surface area contributed by atoms with E-state index in [0.717, 1.165) is 19.3 Å². The summed E-state index contributed by atoms with van der Waals surface area (Å²) in [5.74, 6) is 0. The highest BCUT2D eigenvalue weighted by Crippen LogP contribution is 2.22. The highest BCUT2D eigenvalue weighted by Gasteiger charge is 2.18. The molecule has 18 heavy (non-hydrogen) atoms. The van der Waals surface area contributed by atoms with Crippen molar-refractivity contribution >= 4 is 0 Å². The second kappa shape index (κ2) is 8.90. The lowest BCUT2D eigenvalue weighted by molar-refractivity contribution is 0.0768. The third kappa shape index (κ3) is 5.03. The van der Waals surface area contributed by atoms with Crippen molar-refractivity contribution in [3.63, 3.8) is 0 Å². The monoisotopic (exact) mass is 247 g/mol. The fourth-order valence-electron chi connectivity index (χ4n) is 2.20. The van der Waals surface area contributed by atoms with Gasteiger partial charge in [-0.2, -0.15) is 0 Å². The molecule has 0 saturated heterocycles. The summed E-state index contributed by atoms with van der Waals surface area (Å²) in [6, 6.07) is 10.3. The molecule has 0 aliphatic heterocycles. The number of unbranched alkanes of at least 4 members (excludes halogenated alkanes) is 3. The number of hydrogen-bond donors (Lipinski definition) is 1. The third-order valence-corrected chi connectivity index (χ3v) is 3.22. The van der Waals surface area contributed by atoms with Gasteiger partial charge in [-0.05, 0) is 24.8 Å². The minimum atomic E-state index is 0.00519. The van der Waals surface area contributed by atoms with Gasteiger partial charge in [0.25, 0.3) is 0 Å². The van der Waals surface area contributed by atoms with Crippen molar-refractivity contribution in [3.05, 3.63) is 48.6 Å². The average molecular weight is 247 g/mol. The SMILES string of the molecule is C=CCCCCCC(N)C(OC)c1ccccc1. The second-order valence-corrected chi connectivity index (χ2v) is 4.66. The third-order valence-electron chi connectivity index (χ3n) is 3.22. The topological polar surface area (TPSA) is 35.2 Å². The molecule has 1 aromatic carbocycles. The van der Waals surface area contributed by atoms with E-state index in [2.05, 4.69) is 18.7 Å². The first-order chi connectivity index (χ1) is 8.79. The standard InChI is InChI=1S/C16H25NO/c1-3-4-5-6-10-13-15(17)16(18-2)14-11-8-7-9-12-14/h3,7-9,11-12,15-16H,1,4-6,10,13,17H2,2H3. The minimum absolute atomic E-state index is 0.00519. The zero-order valence-electron chi connectivity index (χ0n) is 11.3. The van der Waals surface area contributed by atoms with Gasteiger partial charge >= 0.3 is 0 Å². The molecule has 0 saturated carbocycles. The van der Waals surface area contributed by atoms with Gasteiger partial charge in [0.1, 0.15) is 0 Å². The Morgan fingerprint density at radius 2 is 1.94 bits per heavy atom. The van der Waals surface area contributed by atoms with Crippen LogP contribution in [0.15, 0.2) is 43.0 Å². The summed E-state index contributed by atoms with van der Waals surface area (Å²) in [7, 11) is 1.73. The second-order valence-electron chi connectivity index (χ2n) is 4.66. The Kier molecular flexibility index (Phi) is 7.38. The summed E-state index contributed by atoms with van der Waals surface area (Å²) >= 11 is 0. The molecule has 1 rings (SSSR count). The zero-order chi connectivity index (χ0) is 13.2. The minimum Gasteiger partial charge on any atom is -0.375 e. The maximum Gasteiger partial charge on any atom is 0.0971 e. The molecule has 0 aliphatic carbocycles. The Bertz CT molecular complexity index is 323. The lowest BCUT2D eigenvalue weighted by Crippen LogP contribution is -2.29. The molecule has 100 valence electrons. The van der Waals surface area contributed by atoms with Crippen LogP contribution in [-0.2, 0) is 4.74 Å². The van der Waals surface area contributed by atoms with Crippen LogP contribution >= 0.6 is 0 Å². The molecule has 0 aliphatic rings. The number of hydrogen-bond acceptors (Lipinski definition) is 2. The lowest BCUT2D eigenvalue weighted by atomic mass is 9.97. The molecule has 0 heterocycles. The predicted octanol–water partition coefficient (Wildman–Crippen LogP) is 3.84. The zero-order valence-corrected chi connectivity index (χ0v) is 11.3. The molecule has 0 amide bonds. The van der Waals surface area contributed by atoms with Gasteiger partial charge in [-0.25, -0.2) is 0 Å². The van der Waals surface area contributed by atoms with Gasteiger partial charge in [-0.1, -0.05) is 49.2 Å². The number of methoxy groups -OCH3 is 1. The predicted molar refractivity (Wildman–Crippen MR) is 77.4 cm³/mol. The quantitative estimate of drug-likeness (QED) is 0.531. The summed E-state index contributed by atoms with van der Waals surface area (Å²) in [4.78, 5) is 0. The van der Waals surface area contributed by atoms with Crippen molar-refractivity contribution in [2.24, 2.45) is 5.73 Å². The van der Waals surface area contributed by atoms with Gasteiger partial charge in [0, 0.05) is 13.2 Å². The number of benzene rings is 1. The average Bonchev–Trinajstić information content (AvgIpc) is 2.40. The molecule has 0 bridgehead atoms. The van der Waals surface area contributed by atoms with Crippen molar-refractivity contribution in [1.29, 1.82) is 0 Å². The Labute approximate surface area is 111 Å². The first kappa shape index (κ1) is 14.9. The highest BCUT2D eigenvalue weighted by atomic mass is 16.5. The van der Waals surface area contributed by atoms with E-state index in [9.17, 15) is 0 Å². The normalized spacial score (nSPS) is 14.1. The van der Waals surface area contributed by atoms with E-state index < -0.39 is 0 Å². The van der Waals surface area contributed by atoms with E-state index in [1.54, 1.807) is 7.11 Å². The van der Waals surface area contributed by atoms with E-state index in [-0.39, 0.29) is 12.1 Å². The molecule has 2 N–H and O–H groups in total. The van der Waals surface area contributed by atoms with Crippen molar-refractivity contribution in [2.45, 2.75) is 44.2 Å². The van der Waals surface area contributed by atoms with Gasteiger partial charge in [-0.3, -0.25) is 0 Å². The van der Waals surface area contributed by atoms with Gasteiger partial charge in [0.05, 0.1) is 6.10 Å². The summed E-state index contributed by atoms with van der Waals surface area (Å²) in [5.41, 5.74) is 7.40. The van der Waals surface area contributed by atoms with E-state index in [1.807, 2.05) is 24.3 Å². The molecule has 2 atom stereocenters. The summed E-state index contributed by atoms with van der Waals surface area (Å²) in [5, 5.41) is 0. The summed E-state index contributed by atoms with van der Waals surface area (Å²) in [6.45, 7) is 3.73. The first-order valence-electron chi connectivity index (χ1n) is 6.73. The van der Waals surface area contributed by atoms with Gasteiger partial charge in [-0.15, -0.1) is 6.58 Å². The smallest absolute Gasteiger partial charge is 0.0971 e. The molecule has 0 spiro atoms.